The molecule has 0 aromatic carbocycles. The Bertz CT molecular complexity index is 811. The summed E-state index contributed by atoms with van der Waals surface area (Å²) in [6.45, 7) is 15.1. The van der Waals surface area contributed by atoms with Crippen molar-refractivity contribution in [2.45, 2.75) is 103 Å². The molecule has 0 amide bonds. The smallest absolute Gasteiger partial charge is 0.207 e. The summed E-state index contributed by atoms with van der Waals surface area (Å²) < 4.78 is 0.572. The first kappa shape index (κ1) is 26.2. The highest BCUT2D eigenvalue weighted by atomic mass is 79.9. The van der Waals surface area contributed by atoms with Crippen LogP contribution in [0.1, 0.15) is 81.1 Å². The zero-order valence-corrected chi connectivity index (χ0v) is 23.4. The largest absolute Gasteiger partial charge is 0.289 e. The van der Waals surface area contributed by atoms with Crippen LogP contribution in [-0.2, 0) is 20.0 Å². The summed E-state index contributed by atoms with van der Waals surface area (Å²) >= 11 is 6.86. The molecule has 2 fully saturated rings. The van der Waals surface area contributed by atoms with Gasteiger partial charge in [-0.25, -0.2) is 0 Å². The highest BCUT2D eigenvalue weighted by Gasteiger charge is 2.52. The van der Waals surface area contributed by atoms with Crippen LogP contribution in [0.25, 0.3) is 0 Å². The van der Waals surface area contributed by atoms with Crippen molar-refractivity contribution in [2.24, 2.45) is 11.8 Å². The maximum absolute atomic E-state index is 14.0. The third kappa shape index (κ3) is 4.24. The minimum atomic E-state index is -0.660. The van der Waals surface area contributed by atoms with E-state index in [1.54, 1.807) is 0 Å². The van der Waals surface area contributed by atoms with Crippen molar-refractivity contribution in [3.63, 3.8) is 0 Å². The second-order valence-electron chi connectivity index (χ2n) is 12.2. The summed E-state index contributed by atoms with van der Waals surface area (Å²) in [7, 11) is 0. The monoisotopic (exact) mass is 572 g/mol. The topological polar surface area (TPSA) is 80.4 Å². The molecule has 0 atom stereocenters. The molecule has 0 saturated carbocycles. The lowest BCUT2D eigenvalue weighted by atomic mass is 9.66. The normalized spacial score (nSPS) is 29.8. The van der Waals surface area contributed by atoms with E-state index in [0.29, 0.717) is 36.8 Å². The van der Waals surface area contributed by atoms with Gasteiger partial charge in [-0.2, -0.15) is 0 Å². The fourth-order valence-corrected chi connectivity index (χ4v) is 8.02. The van der Waals surface area contributed by atoms with E-state index >= 15 is 0 Å². The maximum atomic E-state index is 14.0. The summed E-state index contributed by atoms with van der Waals surface area (Å²) in [6.07, 6.45) is 1.96. The van der Waals surface area contributed by atoms with E-state index in [-0.39, 0.29) is 32.4 Å². The number of allylic oxidation sites excluding steroid dienone is 4. The molecule has 2 heterocycles. The van der Waals surface area contributed by atoms with Gasteiger partial charge >= 0.3 is 0 Å². The first-order chi connectivity index (χ1) is 14.3. The summed E-state index contributed by atoms with van der Waals surface area (Å²) in [5.74, 6) is -0.815. The highest BCUT2D eigenvalue weighted by Crippen LogP contribution is 2.50. The number of nitrogens with zero attached hydrogens (tertiary/aromatic N) is 2. The molecule has 0 aromatic rings. The first-order valence-corrected chi connectivity index (χ1v) is 12.8. The molecule has 6 nitrogen and oxygen atoms in total. The van der Waals surface area contributed by atoms with Crippen LogP contribution >= 0.6 is 31.9 Å². The van der Waals surface area contributed by atoms with Gasteiger partial charge in [-0.05, 0) is 125 Å². The average Bonchev–Trinajstić information content (AvgIpc) is 2.61. The molecule has 2 saturated heterocycles. The number of rotatable bonds is 2. The Morgan fingerprint density at radius 3 is 1.09 bits per heavy atom. The van der Waals surface area contributed by atoms with Gasteiger partial charge in [-0.3, -0.25) is 9.59 Å². The van der Waals surface area contributed by atoms with Crippen LogP contribution in [0.15, 0.2) is 20.1 Å². The van der Waals surface area contributed by atoms with E-state index in [1.807, 2.05) is 55.4 Å². The Morgan fingerprint density at radius 2 is 0.844 bits per heavy atom. The van der Waals surface area contributed by atoms with Gasteiger partial charge in [0.25, 0.3) is 0 Å². The Balaban J connectivity index is 2.04. The number of hydroxylamine groups is 4. The summed E-state index contributed by atoms with van der Waals surface area (Å²) in [5, 5.41) is 27.9. The minimum Gasteiger partial charge on any atom is -0.289 e. The number of carbonyl (C=O) groups is 2. The fraction of sp³-hybridized carbons (Fsp3) is 0.750. The zero-order chi connectivity index (χ0) is 24.6. The molecule has 0 bridgehead atoms. The Kier molecular flexibility index (Phi) is 6.63. The molecule has 0 N–H and O–H groups in total. The van der Waals surface area contributed by atoms with E-state index < -0.39 is 22.2 Å². The summed E-state index contributed by atoms with van der Waals surface area (Å²) in [6, 6.07) is 0. The van der Waals surface area contributed by atoms with Crippen molar-refractivity contribution < 1.29 is 20.0 Å². The van der Waals surface area contributed by atoms with Crippen LogP contribution in [0.3, 0.4) is 0 Å². The number of ketones is 2. The molecule has 3 rings (SSSR count). The number of carbonyl (C=O) groups excluding carboxylic acids is 2. The average molecular weight is 574 g/mol. The Hall–Kier alpha value is -0.380. The summed E-state index contributed by atoms with van der Waals surface area (Å²) in [4.78, 5) is 27.2. The molecular weight excluding hydrogens is 540 g/mol. The molecule has 178 valence electrons. The number of halogens is 2. The van der Waals surface area contributed by atoms with Gasteiger partial charge in [0.1, 0.15) is 0 Å². The van der Waals surface area contributed by atoms with Gasteiger partial charge in [0, 0.05) is 33.3 Å². The molecule has 0 unspecified atom stereocenters. The highest BCUT2D eigenvalue weighted by molar-refractivity contribution is 9.13. The van der Waals surface area contributed by atoms with Crippen LogP contribution in [0, 0.1) is 11.8 Å². The molecular formula is C24H34Br2N2O4. The van der Waals surface area contributed by atoms with E-state index in [1.165, 1.54) is 0 Å². The van der Waals surface area contributed by atoms with Gasteiger partial charge in [0.2, 0.25) is 5.78 Å². The molecule has 1 aliphatic carbocycles. The van der Waals surface area contributed by atoms with E-state index in [4.69, 9.17) is 0 Å². The molecule has 0 aromatic heterocycles. The number of hydrogen-bond donors (Lipinski definition) is 0. The van der Waals surface area contributed by atoms with Crippen LogP contribution in [0.5, 0.6) is 0 Å². The van der Waals surface area contributed by atoms with Crippen LogP contribution in [0.4, 0.5) is 0 Å². The second kappa shape index (κ2) is 8.09. The van der Waals surface area contributed by atoms with Gasteiger partial charge < -0.3 is 0 Å². The third-order valence-corrected chi connectivity index (χ3v) is 8.93. The van der Waals surface area contributed by atoms with Crippen molar-refractivity contribution in [2.75, 3.05) is 0 Å². The van der Waals surface area contributed by atoms with E-state index in [0.717, 1.165) is 10.1 Å². The van der Waals surface area contributed by atoms with Gasteiger partial charge in [-0.15, -0.1) is 20.5 Å². The Morgan fingerprint density at radius 1 is 0.594 bits per heavy atom. The SMILES string of the molecule is CC1(C)CC(C2=C(Br)C(=O)C(Br)=C(C3CC(C)(C)N([O])C(C)(C)C3)C2=O)CC(C)(C)N1[O]. The van der Waals surface area contributed by atoms with Crippen LogP contribution in [0.2, 0.25) is 0 Å². The first-order valence-electron chi connectivity index (χ1n) is 11.2. The van der Waals surface area contributed by atoms with Crippen LogP contribution < -0.4 is 0 Å². The standard InChI is InChI=1S/C24H34Br2N2O4/c1-21(2)9-13(10-22(3,4)27(21)31)15-17(25)20(30)18(26)16(19(15)29)14-11-23(5,6)28(32)24(7,8)12-14/h13-14H,9-12H2,1-8H3. The minimum absolute atomic E-state index is 0.143. The predicted octanol–water partition coefficient (Wildman–Crippen LogP) is 5.67. The maximum Gasteiger partial charge on any atom is 0.207 e. The third-order valence-electron chi connectivity index (χ3n) is 7.36. The number of piperidine rings is 2. The fourth-order valence-electron chi connectivity index (χ4n) is 6.35. The summed E-state index contributed by atoms with van der Waals surface area (Å²) in [5.41, 5.74) is -1.69. The van der Waals surface area contributed by atoms with Crippen molar-refractivity contribution in [3.05, 3.63) is 20.1 Å². The lowest BCUT2D eigenvalue weighted by molar-refractivity contribution is -0.292. The van der Waals surface area contributed by atoms with E-state index in [9.17, 15) is 20.0 Å². The lowest BCUT2D eigenvalue weighted by Crippen LogP contribution is -2.59. The molecule has 3 aliphatic rings. The Labute approximate surface area is 208 Å². The second-order valence-corrected chi connectivity index (χ2v) is 13.7. The molecule has 2 aliphatic heterocycles. The molecule has 8 heteroatoms. The van der Waals surface area contributed by atoms with E-state index in [2.05, 4.69) is 31.9 Å². The molecule has 0 spiro atoms. The zero-order valence-electron chi connectivity index (χ0n) is 20.3. The quantitative estimate of drug-likeness (QED) is 0.399. The van der Waals surface area contributed by atoms with Gasteiger partial charge in [0.05, 0.1) is 8.96 Å². The van der Waals surface area contributed by atoms with Crippen LogP contribution in [-0.4, -0.2) is 43.8 Å². The van der Waals surface area contributed by atoms with Crippen molar-refractivity contribution in [3.8, 4) is 0 Å². The molecule has 2 radical (unpaired) electrons. The predicted molar refractivity (Wildman–Crippen MR) is 129 cm³/mol. The number of hydrogen-bond acceptors (Lipinski definition) is 4. The lowest BCUT2D eigenvalue weighted by Gasteiger charge is -2.52. The number of Topliss-reactive ketones (excluding diaryl/α,β-unsaturated/α-hetero) is 2. The van der Waals surface area contributed by atoms with Crippen molar-refractivity contribution in [1.29, 1.82) is 0 Å². The van der Waals surface area contributed by atoms with Crippen molar-refractivity contribution in [1.82, 2.24) is 10.1 Å². The van der Waals surface area contributed by atoms with Gasteiger partial charge in [0.15, 0.2) is 5.78 Å². The molecule has 32 heavy (non-hydrogen) atoms. The van der Waals surface area contributed by atoms with Crippen molar-refractivity contribution >= 4 is 43.4 Å². The van der Waals surface area contributed by atoms with Gasteiger partial charge in [-0.1, -0.05) is 0 Å².